The molecule has 0 aliphatic carbocycles. The van der Waals surface area contributed by atoms with Crippen LogP contribution in [0.3, 0.4) is 0 Å². The molecular weight excluding hydrogens is 242 g/mol. The number of hydrogen-bond acceptors (Lipinski definition) is 3. The van der Waals surface area contributed by atoms with Crippen LogP contribution in [0.2, 0.25) is 0 Å². The van der Waals surface area contributed by atoms with Gasteiger partial charge in [-0.1, -0.05) is 13.8 Å². The summed E-state index contributed by atoms with van der Waals surface area (Å²) in [5.41, 5.74) is 3.14. The van der Waals surface area contributed by atoms with Gasteiger partial charge >= 0.3 is 0 Å². The average Bonchev–Trinajstić information content (AvgIpc) is 2.67. The van der Waals surface area contributed by atoms with E-state index in [1.54, 1.807) is 0 Å². The molecule has 0 radical (unpaired) electrons. The minimum atomic E-state index is 0.0530. The Labute approximate surface area is 114 Å². The summed E-state index contributed by atoms with van der Waals surface area (Å²) < 4.78 is 0. The number of nitrogens with zero attached hydrogens (tertiary/aromatic N) is 1. The Morgan fingerprint density at radius 2 is 2.11 bits per heavy atom. The van der Waals surface area contributed by atoms with E-state index in [9.17, 15) is 4.79 Å². The largest absolute Gasteiger partial charge is 0.396 e. The third-order valence-corrected chi connectivity index (χ3v) is 3.44. The molecule has 5 nitrogen and oxygen atoms in total. The zero-order valence-corrected chi connectivity index (χ0v) is 12.3. The summed E-state index contributed by atoms with van der Waals surface area (Å²) in [6.45, 7) is 8.78. The second-order valence-electron chi connectivity index (χ2n) is 5.37. The molecule has 5 heteroatoms. The van der Waals surface area contributed by atoms with Crippen molar-refractivity contribution in [3.05, 3.63) is 17.0 Å². The Bertz CT molecular complexity index is 395. The van der Waals surface area contributed by atoms with Crippen molar-refractivity contribution in [3.8, 4) is 0 Å². The third kappa shape index (κ3) is 4.67. The van der Waals surface area contributed by atoms with Gasteiger partial charge in [0, 0.05) is 25.3 Å². The highest BCUT2D eigenvalue weighted by atomic mass is 16.3. The first-order valence-electron chi connectivity index (χ1n) is 6.84. The molecule has 108 valence electrons. The molecule has 0 saturated carbocycles. The number of hydrogen-bond donors (Lipinski definition) is 3. The SMILES string of the molecule is Cc1n[nH]c(C)c1C(C)CC(=O)NCC(C)CCO. The monoisotopic (exact) mass is 267 g/mol. The average molecular weight is 267 g/mol. The van der Waals surface area contributed by atoms with Gasteiger partial charge < -0.3 is 10.4 Å². The number of aromatic nitrogens is 2. The fourth-order valence-electron chi connectivity index (χ4n) is 2.35. The minimum Gasteiger partial charge on any atom is -0.396 e. The second kappa shape index (κ2) is 7.28. The zero-order valence-electron chi connectivity index (χ0n) is 12.3. The number of carbonyl (C=O) groups excluding carboxylic acids is 1. The molecular formula is C14H25N3O2. The maximum Gasteiger partial charge on any atom is 0.220 e. The van der Waals surface area contributed by atoms with Crippen molar-refractivity contribution in [2.75, 3.05) is 13.2 Å². The lowest BCUT2D eigenvalue weighted by molar-refractivity contribution is -0.121. The summed E-state index contributed by atoms with van der Waals surface area (Å²) in [5, 5.41) is 18.8. The van der Waals surface area contributed by atoms with Crippen LogP contribution in [0.25, 0.3) is 0 Å². The summed E-state index contributed by atoms with van der Waals surface area (Å²) in [5.74, 6) is 0.519. The van der Waals surface area contributed by atoms with E-state index in [4.69, 9.17) is 5.11 Å². The van der Waals surface area contributed by atoms with E-state index in [-0.39, 0.29) is 18.4 Å². The number of carbonyl (C=O) groups is 1. The third-order valence-electron chi connectivity index (χ3n) is 3.44. The van der Waals surface area contributed by atoms with Crippen LogP contribution >= 0.6 is 0 Å². The fraction of sp³-hybridized carbons (Fsp3) is 0.714. The maximum absolute atomic E-state index is 11.9. The standard InChI is InChI=1S/C14H25N3O2/c1-9(5-6-18)8-15-13(19)7-10(2)14-11(3)16-17-12(14)4/h9-10,18H,5-8H2,1-4H3,(H,15,19)(H,16,17). The van der Waals surface area contributed by atoms with Crippen LogP contribution in [0.1, 0.15) is 49.6 Å². The van der Waals surface area contributed by atoms with Crippen molar-refractivity contribution in [1.82, 2.24) is 15.5 Å². The molecule has 0 aliphatic heterocycles. The first-order chi connectivity index (χ1) is 8.95. The maximum atomic E-state index is 11.9. The number of aryl methyl sites for hydroxylation is 2. The molecule has 0 saturated heterocycles. The van der Waals surface area contributed by atoms with Crippen molar-refractivity contribution in [2.45, 2.75) is 46.5 Å². The van der Waals surface area contributed by atoms with E-state index in [0.717, 1.165) is 23.4 Å². The lowest BCUT2D eigenvalue weighted by Gasteiger charge is -2.14. The molecule has 0 aliphatic rings. The van der Waals surface area contributed by atoms with Gasteiger partial charge in [0.15, 0.2) is 0 Å². The van der Waals surface area contributed by atoms with E-state index < -0.39 is 0 Å². The van der Waals surface area contributed by atoms with Crippen LogP contribution in [0.5, 0.6) is 0 Å². The summed E-state index contributed by atoms with van der Waals surface area (Å²) in [6, 6.07) is 0. The molecule has 19 heavy (non-hydrogen) atoms. The van der Waals surface area contributed by atoms with Gasteiger partial charge in [-0.15, -0.1) is 0 Å². The van der Waals surface area contributed by atoms with Crippen molar-refractivity contribution in [1.29, 1.82) is 0 Å². The molecule has 2 unspecified atom stereocenters. The number of rotatable bonds is 7. The molecule has 0 bridgehead atoms. The Hall–Kier alpha value is -1.36. The molecule has 1 rings (SSSR count). The summed E-state index contributed by atoms with van der Waals surface area (Å²) >= 11 is 0. The van der Waals surface area contributed by atoms with E-state index in [1.807, 2.05) is 27.7 Å². The van der Waals surface area contributed by atoms with Gasteiger partial charge in [-0.25, -0.2) is 0 Å². The number of aliphatic hydroxyl groups is 1. The van der Waals surface area contributed by atoms with Crippen molar-refractivity contribution < 1.29 is 9.90 Å². The Balaban J connectivity index is 2.44. The lowest BCUT2D eigenvalue weighted by Crippen LogP contribution is -2.29. The quantitative estimate of drug-likeness (QED) is 0.703. The van der Waals surface area contributed by atoms with Gasteiger partial charge in [-0.05, 0) is 37.7 Å². The van der Waals surface area contributed by atoms with Crippen LogP contribution < -0.4 is 5.32 Å². The second-order valence-corrected chi connectivity index (χ2v) is 5.37. The molecule has 0 spiro atoms. The van der Waals surface area contributed by atoms with Crippen molar-refractivity contribution in [3.63, 3.8) is 0 Å². The van der Waals surface area contributed by atoms with E-state index in [1.165, 1.54) is 0 Å². The zero-order chi connectivity index (χ0) is 14.4. The first-order valence-corrected chi connectivity index (χ1v) is 6.84. The van der Waals surface area contributed by atoms with E-state index >= 15 is 0 Å². The lowest BCUT2D eigenvalue weighted by atomic mass is 9.95. The van der Waals surface area contributed by atoms with E-state index in [0.29, 0.717) is 18.9 Å². The van der Waals surface area contributed by atoms with Crippen molar-refractivity contribution in [2.24, 2.45) is 5.92 Å². The predicted molar refractivity (Wildman–Crippen MR) is 75.0 cm³/mol. The van der Waals surface area contributed by atoms with Gasteiger partial charge in [0.25, 0.3) is 0 Å². The minimum absolute atomic E-state index is 0.0530. The van der Waals surface area contributed by atoms with Gasteiger partial charge in [0.1, 0.15) is 0 Å². The first kappa shape index (κ1) is 15.7. The number of nitrogens with one attached hydrogen (secondary N) is 2. The molecule has 2 atom stereocenters. The Morgan fingerprint density at radius 3 is 2.63 bits per heavy atom. The smallest absolute Gasteiger partial charge is 0.220 e. The molecule has 1 aromatic rings. The van der Waals surface area contributed by atoms with Crippen molar-refractivity contribution >= 4 is 5.91 Å². The van der Waals surface area contributed by atoms with Crippen LogP contribution in [-0.4, -0.2) is 34.4 Å². The fourth-order valence-corrected chi connectivity index (χ4v) is 2.35. The number of H-pyrrole nitrogens is 1. The van der Waals surface area contributed by atoms with Crippen LogP contribution in [0.4, 0.5) is 0 Å². The van der Waals surface area contributed by atoms with Gasteiger partial charge in [0.2, 0.25) is 5.91 Å². The molecule has 1 heterocycles. The number of amides is 1. The van der Waals surface area contributed by atoms with Crippen LogP contribution in [-0.2, 0) is 4.79 Å². The highest BCUT2D eigenvalue weighted by Gasteiger charge is 2.17. The predicted octanol–water partition coefficient (Wildman–Crippen LogP) is 1.65. The normalized spacial score (nSPS) is 14.2. The Morgan fingerprint density at radius 1 is 1.42 bits per heavy atom. The highest BCUT2D eigenvalue weighted by Crippen LogP contribution is 2.24. The molecule has 0 aromatic carbocycles. The van der Waals surface area contributed by atoms with Crippen LogP contribution in [0, 0.1) is 19.8 Å². The van der Waals surface area contributed by atoms with E-state index in [2.05, 4.69) is 15.5 Å². The summed E-state index contributed by atoms with van der Waals surface area (Å²) in [6.07, 6.45) is 1.18. The van der Waals surface area contributed by atoms with Crippen LogP contribution in [0.15, 0.2) is 0 Å². The molecule has 1 aromatic heterocycles. The number of aromatic amines is 1. The molecule has 0 fully saturated rings. The van der Waals surface area contributed by atoms with Gasteiger partial charge in [-0.3, -0.25) is 9.89 Å². The molecule has 3 N–H and O–H groups in total. The topological polar surface area (TPSA) is 78.0 Å². The summed E-state index contributed by atoms with van der Waals surface area (Å²) in [7, 11) is 0. The van der Waals surface area contributed by atoms with Gasteiger partial charge in [0.05, 0.1) is 5.69 Å². The molecule has 1 amide bonds. The Kier molecular flexibility index (Phi) is 6.02. The highest BCUT2D eigenvalue weighted by molar-refractivity contribution is 5.76. The number of aliphatic hydroxyl groups excluding tert-OH is 1. The van der Waals surface area contributed by atoms with Gasteiger partial charge in [-0.2, -0.15) is 5.10 Å². The summed E-state index contributed by atoms with van der Waals surface area (Å²) in [4.78, 5) is 11.9.